The van der Waals surface area contributed by atoms with Crippen molar-refractivity contribution in [2.75, 3.05) is 5.75 Å². The second-order valence-electron chi connectivity index (χ2n) is 4.83. The van der Waals surface area contributed by atoms with Crippen LogP contribution in [-0.2, 0) is 10.0 Å². The van der Waals surface area contributed by atoms with E-state index in [9.17, 15) is 8.42 Å². The average molecular weight is 261 g/mol. The Balaban J connectivity index is 2.76. The molecule has 0 unspecified atom stereocenters. The number of amidine groups is 1. The summed E-state index contributed by atoms with van der Waals surface area (Å²) in [5.41, 5.74) is 4.78. The van der Waals surface area contributed by atoms with E-state index in [2.05, 4.69) is 4.72 Å². The third-order valence-electron chi connectivity index (χ3n) is 3.34. The van der Waals surface area contributed by atoms with Crippen LogP contribution in [0.3, 0.4) is 0 Å². The van der Waals surface area contributed by atoms with Gasteiger partial charge in [-0.25, -0.2) is 13.1 Å². The van der Waals surface area contributed by atoms with E-state index in [-0.39, 0.29) is 11.6 Å². The molecule has 0 aromatic carbocycles. The van der Waals surface area contributed by atoms with Crippen molar-refractivity contribution in [1.29, 1.82) is 5.41 Å². The summed E-state index contributed by atoms with van der Waals surface area (Å²) in [6, 6.07) is 0. The molecule has 5 nitrogen and oxygen atoms in total. The normalized spacial score (nSPS) is 20.1. The van der Waals surface area contributed by atoms with E-state index in [1.54, 1.807) is 0 Å². The Morgan fingerprint density at radius 1 is 1.35 bits per heavy atom. The van der Waals surface area contributed by atoms with Crippen molar-refractivity contribution in [2.45, 2.75) is 57.4 Å². The first-order valence-electron chi connectivity index (χ1n) is 6.28. The zero-order valence-corrected chi connectivity index (χ0v) is 11.3. The fourth-order valence-electron chi connectivity index (χ4n) is 2.26. The van der Waals surface area contributed by atoms with E-state index in [0.717, 1.165) is 25.7 Å². The number of rotatable bonds is 6. The van der Waals surface area contributed by atoms with Gasteiger partial charge in [0.1, 0.15) is 5.84 Å². The first kappa shape index (κ1) is 14.4. The van der Waals surface area contributed by atoms with Crippen molar-refractivity contribution in [1.82, 2.24) is 4.72 Å². The minimum absolute atomic E-state index is 0.0442. The number of unbranched alkanes of at least 4 members (excludes halogenated alkanes) is 1. The lowest BCUT2D eigenvalue weighted by Gasteiger charge is -2.36. The van der Waals surface area contributed by atoms with Crippen LogP contribution in [0.2, 0.25) is 0 Å². The summed E-state index contributed by atoms with van der Waals surface area (Å²) in [6.07, 6.45) is 5.72. The lowest BCUT2D eigenvalue weighted by atomic mass is 9.82. The number of sulfonamides is 1. The Hall–Kier alpha value is -0.620. The molecule has 0 amide bonds. The van der Waals surface area contributed by atoms with Gasteiger partial charge in [-0.05, 0) is 19.3 Å². The third-order valence-corrected chi connectivity index (χ3v) is 4.87. The molecule has 1 rings (SSSR count). The van der Waals surface area contributed by atoms with Gasteiger partial charge >= 0.3 is 0 Å². The molecule has 0 aliphatic heterocycles. The third kappa shape index (κ3) is 3.96. The first-order chi connectivity index (χ1) is 7.92. The standard InChI is InChI=1S/C11H23N3O2S/c1-2-3-9-17(15,16)14-11(10(12)13)7-5-4-6-8-11/h14H,2-9H2,1H3,(H3,12,13). The number of hydrogen-bond acceptors (Lipinski definition) is 3. The number of nitrogens with one attached hydrogen (secondary N) is 2. The van der Waals surface area contributed by atoms with E-state index < -0.39 is 15.6 Å². The van der Waals surface area contributed by atoms with Gasteiger partial charge in [-0.3, -0.25) is 5.41 Å². The summed E-state index contributed by atoms with van der Waals surface area (Å²) in [7, 11) is -3.32. The lowest BCUT2D eigenvalue weighted by molar-refractivity contribution is 0.348. The van der Waals surface area contributed by atoms with Gasteiger partial charge in [0.2, 0.25) is 10.0 Å². The summed E-state index contributed by atoms with van der Waals surface area (Å²) in [6.45, 7) is 1.96. The van der Waals surface area contributed by atoms with E-state index in [1.807, 2.05) is 6.92 Å². The highest BCUT2D eigenvalue weighted by Crippen LogP contribution is 2.28. The second-order valence-corrected chi connectivity index (χ2v) is 6.67. The minimum atomic E-state index is -3.32. The Labute approximate surface area is 104 Å². The van der Waals surface area contributed by atoms with Crippen LogP contribution in [0.5, 0.6) is 0 Å². The molecule has 0 heterocycles. The quantitative estimate of drug-likeness (QED) is 0.497. The fourth-order valence-corrected chi connectivity index (χ4v) is 3.94. The maximum absolute atomic E-state index is 11.9. The largest absolute Gasteiger partial charge is 0.386 e. The van der Waals surface area contributed by atoms with Crippen LogP contribution in [0.1, 0.15) is 51.9 Å². The molecule has 1 aliphatic carbocycles. The lowest BCUT2D eigenvalue weighted by Crippen LogP contribution is -2.58. The molecular formula is C11H23N3O2S. The molecule has 0 radical (unpaired) electrons. The van der Waals surface area contributed by atoms with Crippen LogP contribution in [0.15, 0.2) is 0 Å². The molecule has 0 saturated heterocycles. The molecular weight excluding hydrogens is 238 g/mol. The Morgan fingerprint density at radius 3 is 2.41 bits per heavy atom. The smallest absolute Gasteiger partial charge is 0.212 e. The van der Waals surface area contributed by atoms with E-state index in [4.69, 9.17) is 11.1 Å². The predicted octanol–water partition coefficient (Wildman–Crippen LogP) is 1.34. The van der Waals surface area contributed by atoms with E-state index in [0.29, 0.717) is 19.3 Å². The minimum Gasteiger partial charge on any atom is -0.386 e. The summed E-state index contributed by atoms with van der Waals surface area (Å²) in [4.78, 5) is 0. The van der Waals surface area contributed by atoms with Crippen molar-refractivity contribution in [2.24, 2.45) is 5.73 Å². The highest BCUT2D eigenvalue weighted by Gasteiger charge is 2.38. The molecule has 0 bridgehead atoms. The molecule has 0 atom stereocenters. The van der Waals surface area contributed by atoms with Gasteiger partial charge in [0.15, 0.2) is 0 Å². The maximum atomic E-state index is 11.9. The molecule has 17 heavy (non-hydrogen) atoms. The zero-order valence-electron chi connectivity index (χ0n) is 10.5. The Kier molecular flexibility index (Phi) is 4.94. The second kappa shape index (κ2) is 5.82. The van der Waals surface area contributed by atoms with E-state index in [1.165, 1.54) is 0 Å². The SMILES string of the molecule is CCCCS(=O)(=O)NC1(C(=N)N)CCCCC1. The van der Waals surface area contributed by atoms with Gasteiger partial charge < -0.3 is 5.73 Å². The van der Waals surface area contributed by atoms with Crippen LogP contribution >= 0.6 is 0 Å². The summed E-state index contributed by atoms with van der Waals surface area (Å²) in [5.74, 6) is 0.0794. The highest BCUT2D eigenvalue weighted by atomic mass is 32.2. The van der Waals surface area contributed by atoms with Crippen molar-refractivity contribution in [3.8, 4) is 0 Å². The molecule has 6 heteroatoms. The van der Waals surface area contributed by atoms with Crippen molar-refractivity contribution in [3.63, 3.8) is 0 Å². The van der Waals surface area contributed by atoms with E-state index >= 15 is 0 Å². The molecule has 4 N–H and O–H groups in total. The van der Waals surface area contributed by atoms with Crippen LogP contribution in [0, 0.1) is 5.41 Å². The number of nitrogens with two attached hydrogens (primary N) is 1. The Morgan fingerprint density at radius 2 is 1.94 bits per heavy atom. The average Bonchev–Trinajstić information content (AvgIpc) is 2.27. The van der Waals surface area contributed by atoms with Crippen LogP contribution in [0.4, 0.5) is 0 Å². The van der Waals surface area contributed by atoms with Gasteiger partial charge in [0.25, 0.3) is 0 Å². The summed E-state index contributed by atoms with van der Waals surface area (Å²) < 4.78 is 26.5. The van der Waals surface area contributed by atoms with Crippen molar-refractivity contribution in [3.05, 3.63) is 0 Å². The monoisotopic (exact) mass is 261 g/mol. The van der Waals surface area contributed by atoms with Gasteiger partial charge in [-0.1, -0.05) is 32.6 Å². The first-order valence-corrected chi connectivity index (χ1v) is 7.93. The molecule has 0 aromatic rings. The van der Waals surface area contributed by atoms with Gasteiger partial charge in [0.05, 0.1) is 11.3 Å². The topological polar surface area (TPSA) is 96.0 Å². The Bertz CT molecular complexity index is 359. The summed E-state index contributed by atoms with van der Waals surface area (Å²) in [5, 5.41) is 7.64. The van der Waals surface area contributed by atoms with Gasteiger partial charge in [-0.15, -0.1) is 0 Å². The molecule has 100 valence electrons. The predicted molar refractivity (Wildman–Crippen MR) is 69.6 cm³/mol. The molecule has 0 aromatic heterocycles. The van der Waals surface area contributed by atoms with Crippen LogP contribution in [-0.4, -0.2) is 25.5 Å². The van der Waals surface area contributed by atoms with Crippen molar-refractivity contribution < 1.29 is 8.42 Å². The van der Waals surface area contributed by atoms with Gasteiger partial charge in [0, 0.05) is 0 Å². The maximum Gasteiger partial charge on any atom is 0.212 e. The van der Waals surface area contributed by atoms with Gasteiger partial charge in [-0.2, -0.15) is 0 Å². The molecule has 1 saturated carbocycles. The number of hydrogen-bond donors (Lipinski definition) is 3. The zero-order chi connectivity index (χ0) is 12.9. The fraction of sp³-hybridized carbons (Fsp3) is 0.909. The highest BCUT2D eigenvalue weighted by molar-refractivity contribution is 7.89. The summed E-state index contributed by atoms with van der Waals surface area (Å²) >= 11 is 0. The molecule has 1 aliphatic rings. The van der Waals surface area contributed by atoms with Crippen LogP contribution < -0.4 is 10.5 Å². The van der Waals surface area contributed by atoms with Crippen LogP contribution in [0.25, 0.3) is 0 Å². The molecule has 0 spiro atoms. The molecule has 1 fully saturated rings. The van der Waals surface area contributed by atoms with Crippen molar-refractivity contribution >= 4 is 15.9 Å².